The molecule has 0 radical (unpaired) electrons. The van der Waals surface area contributed by atoms with E-state index in [-0.39, 0.29) is 6.04 Å². The number of nitrogens with zero attached hydrogens (tertiary/aromatic N) is 1. The van der Waals surface area contributed by atoms with Gasteiger partial charge in [0.15, 0.2) is 0 Å². The minimum atomic E-state index is -3.51. The van der Waals surface area contributed by atoms with Crippen LogP contribution in [0.3, 0.4) is 0 Å². The topological polar surface area (TPSA) is 49.4 Å². The number of nitrogens with one attached hydrogen (secondary N) is 1. The van der Waals surface area contributed by atoms with Gasteiger partial charge >= 0.3 is 0 Å². The maximum atomic E-state index is 12.6. The Labute approximate surface area is 154 Å². The molecule has 3 rings (SSSR count). The van der Waals surface area contributed by atoms with E-state index in [9.17, 15) is 8.42 Å². The van der Waals surface area contributed by atoms with Gasteiger partial charge < -0.3 is 0 Å². The molecular formula is C19H23ClN2O2S. The minimum absolute atomic E-state index is 0.0212. The fourth-order valence-corrected chi connectivity index (χ4v) is 5.01. The monoisotopic (exact) mass is 378 g/mol. The van der Waals surface area contributed by atoms with Gasteiger partial charge in [0, 0.05) is 30.7 Å². The number of rotatable bonds is 5. The number of hydrogen-bond donors (Lipinski definition) is 1. The van der Waals surface area contributed by atoms with Gasteiger partial charge in [-0.05, 0) is 49.1 Å². The van der Waals surface area contributed by atoms with Crippen molar-refractivity contribution in [2.45, 2.75) is 37.2 Å². The highest BCUT2D eigenvalue weighted by atomic mass is 35.5. The first-order valence-electron chi connectivity index (χ1n) is 8.49. The summed E-state index contributed by atoms with van der Waals surface area (Å²) in [6.45, 7) is 4.46. The molecule has 0 aliphatic carbocycles. The largest absolute Gasteiger partial charge is 0.299 e. The van der Waals surface area contributed by atoms with Crippen LogP contribution in [0.25, 0.3) is 0 Å². The molecule has 1 N–H and O–H groups in total. The van der Waals surface area contributed by atoms with Crippen LogP contribution in [-0.4, -0.2) is 32.4 Å². The van der Waals surface area contributed by atoms with E-state index < -0.39 is 10.0 Å². The summed E-state index contributed by atoms with van der Waals surface area (Å²) in [6, 6.07) is 15.2. The van der Waals surface area contributed by atoms with Crippen molar-refractivity contribution in [2.24, 2.45) is 0 Å². The van der Waals surface area contributed by atoms with Gasteiger partial charge in [-0.15, -0.1) is 0 Å². The molecule has 0 atom stereocenters. The molecule has 25 heavy (non-hydrogen) atoms. The van der Waals surface area contributed by atoms with Crippen LogP contribution in [-0.2, 0) is 16.6 Å². The van der Waals surface area contributed by atoms with Crippen LogP contribution in [0.1, 0.15) is 24.0 Å². The molecule has 0 spiro atoms. The predicted octanol–water partition coefficient (Wildman–Crippen LogP) is 3.59. The van der Waals surface area contributed by atoms with Crippen molar-refractivity contribution < 1.29 is 8.42 Å². The SMILES string of the molecule is Cc1cc(Cl)ccc1S(=O)(=O)NC1CCN(Cc2ccccc2)CC1. The van der Waals surface area contributed by atoms with E-state index >= 15 is 0 Å². The highest BCUT2D eigenvalue weighted by Gasteiger charge is 2.25. The number of likely N-dealkylation sites (tertiary alicyclic amines) is 1. The van der Waals surface area contributed by atoms with Gasteiger partial charge in [0.1, 0.15) is 0 Å². The van der Waals surface area contributed by atoms with Gasteiger partial charge in [-0.25, -0.2) is 13.1 Å². The number of aryl methyl sites for hydroxylation is 1. The molecule has 1 aliphatic heterocycles. The van der Waals surface area contributed by atoms with Gasteiger partial charge in [-0.1, -0.05) is 41.9 Å². The zero-order chi connectivity index (χ0) is 17.9. The normalized spacial score (nSPS) is 16.9. The summed E-state index contributed by atoms with van der Waals surface area (Å²) in [7, 11) is -3.51. The molecule has 0 aromatic heterocycles. The van der Waals surface area contributed by atoms with Crippen molar-refractivity contribution in [3.05, 3.63) is 64.7 Å². The van der Waals surface area contributed by atoms with Crippen LogP contribution in [0.5, 0.6) is 0 Å². The maximum Gasteiger partial charge on any atom is 0.241 e. The molecule has 0 unspecified atom stereocenters. The van der Waals surface area contributed by atoms with E-state index in [0.29, 0.717) is 15.5 Å². The highest BCUT2D eigenvalue weighted by molar-refractivity contribution is 7.89. The van der Waals surface area contributed by atoms with Crippen molar-refractivity contribution in [1.82, 2.24) is 9.62 Å². The van der Waals surface area contributed by atoms with E-state index in [1.165, 1.54) is 5.56 Å². The van der Waals surface area contributed by atoms with Gasteiger partial charge in [-0.3, -0.25) is 4.90 Å². The van der Waals surface area contributed by atoms with Crippen LogP contribution in [0.15, 0.2) is 53.4 Å². The molecular weight excluding hydrogens is 356 g/mol. The average Bonchev–Trinajstić information content (AvgIpc) is 2.57. The zero-order valence-corrected chi connectivity index (χ0v) is 15.9. The Balaban J connectivity index is 1.58. The second-order valence-electron chi connectivity index (χ2n) is 6.57. The lowest BCUT2D eigenvalue weighted by atomic mass is 10.1. The van der Waals surface area contributed by atoms with Crippen molar-refractivity contribution in [3.63, 3.8) is 0 Å². The summed E-state index contributed by atoms with van der Waals surface area (Å²) in [4.78, 5) is 2.68. The lowest BCUT2D eigenvalue weighted by Gasteiger charge is -2.32. The first kappa shape index (κ1) is 18.4. The number of benzene rings is 2. The highest BCUT2D eigenvalue weighted by Crippen LogP contribution is 2.21. The molecule has 0 bridgehead atoms. The Morgan fingerprint density at radius 3 is 2.44 bits per heavy atom. The predicted molar refractivity (Wildman–Crippen MR) is 101 cm³/mol. The number of halogens is 1. The number of piperidine rings is 1. The first-order chi connectivity index (χ1) is 11.9. The molecule has 134 valence electrons. The van der Waals surface area contributed by atoms with Crippen molar-refractivity contribution in [1.29, 1.82) is 0 Å². The Hall–Kier alpha value is -1.40. The summed E-state index contributed by atoms with van der Waals surface area (Å²) in [5.41, 5.74) is 1.96. The molecule has 2 aromatic rings. The Bertz CT molecular complexity index is 817. The lowest BCUT2D eigenvalue weighted by molar-refractivity contribution is 0.200. The molecule has 0 saturated carbocycles. The quantitative estimate of drug-likeness (QED) is 0.864. The second kappa shape index (κ2) is 7.87. The maximum absolute atomic E-state index is 12.6. The third-order valence-corrected chi connectivity index (χ3v) is 6.50. The van der Waals surface area contributed by atoms with E-state index in [4.69, 9.17) is 11.6 Å². The van der Waals surface area contributed by atoms with Crippen LogP contribution in [0, 0.1) is 6.92 Å². The summed E-state index contributed by atoms with van der Waals surface area (Å²) < 4.78 is 28.1. The average molecular weight is 379 g/mol. The Morgan fingerprint density at radius 1 is 1.12 bits per heavy atom. The van der Waals surface area contributed by atoms with Gasteiger partial charge in [0.2, 0.25) is 10.0 Å². The molecule has 2 aromatic carbocycles. The molecule has 4 nitrogen and oxygen atoms in total. The van der Waals surface area contributed by atoms with E-state index in [0.717, 1.165) is 32.5 Å². The van der Waals surface area contributed by atoms with Gasteiger partial charge in [-0.2, -0.15) is 0 Å². The van der Waals surface area contributed by atoms with Gasteiger partial charge in [0.25, 0.3) is 0 Å². The number of hydrogen-bond acceptors (Lipinski definition) is 3. The fraction of sp³-hybridized carbons (Fsp3) is 0.368. The van der Waals surface area contributed by atoms with E-state index in [1.54, 1.807) is 25.1 Å². The van der Waals surface area contributed by atoms with Crippen LogP contribution >= 0.6 is 11.6 Å². The summed E-state index contributed by atoms with van der Waals surface area (Å²) in [5.74, 6) is 0. The molecule has 1 heterocycles. The summed E-state index contributed by atoms with van der Waals surface area (Å²) >= 11 is 5.92. The Morgan fingerprint density at radius 2 is 1.80 bits per heavy atom. The molecule has 1 saturated heterocycles. The second-order valence-corrected chi connectivity index (χ2v) is 8.69. The van der Waals surface area contributed by atoms with Crippen LogP contribution < -0.4 is 4.72 Å². The zero-order valence-electron chi connectivity index (χ0n) is 14.3. The van der Waals surface area contributed by atoms with E-state index in [2.05, 4.69) is 21.8 Å². The van der Waals surface area contributed by atoms with E-state index in [1.807, 2.05) is 18.2 Å². The summed E-state index contributed by atoms with van der Waals surface area (Å²) in [6.07, 6.45) is 1.64. The standard InChI is InChI=1S/C19H23ClN2O2S/c1-15-13-17(20)7-8-19(15)25(23,24)21-18-9-11-22(12-10-18)14-16-5-3-2-4-6-16/h2-8,13,18,21H,9-12,14H2,1H3. The fourth-order valence-electron chi connectivity index (χ4n) is 3.25. The summed E-state index contributed by atoms with van der Waals surface area (Å²) in [5, 5.41) is 0.547. The lowest BCUT2D eigenvalue weighted by Crippen LogP contribution is -2.44. The number of sulfonamides is 1. The first-order valence-corrected chi connectivity index (χ1v) is 10.3. The molecule has 1 aliphatic rings. The third kappa shape index (κ3) is 4.82. The van der Waals surface area contributed by atoms with Crippen molar-refractivity contribution in [2.75, 3.05) is 13.1 Å². The molecule has 0 amide bonds. The van der Waals surface area contributed by atoms with Gasteiger partial charge in [0.05, 0.1) is 4.90 Å². The Kier molecular flexibility index (Phi) is 5.79. The van der Waals surface area contributed by atoms with Crippen LogP contribution in [0.2, 0.25) is 5.02 Å². The van der Waals surface area contributed by atoms with Crippen molar-refractivity contribution >= 4 is 21.6 Å². The van der Waals surface area contributed by atoms with Crippen LogP contribution in [0.4, 0.5) is 0 Å². The smallest absolute Gasteiger partial charge is 0.241 e. The third-order valence-electron chi connectivity index (χ3n) is 4.58. The van der Waals surface area contributed by atoms with Crippen molar-refractivity contribution in [3.8, 4) is 0 Å². The molecule has 1 fully saturated rings. The minimum Gasteiger partial charge on any atom is -0.299 e. The molecule has 6 heteroatoms.